The van der Waals surface area contributed by atoms with Gasteiger partial charge in [-0.1, -0.05) is 18.2 Å². The summed E-state index contributed by atoms with van der Waals surface area (Å²) < 4.78 is 5.77. The minimum absolute atomic E-state index is 0.198. The largest absolute Gasteiger partial charge is 0.462 e. The Labute approximate surface area is 147 Å². The van der Waals surface area contributed by atoms with Gasteiger partial charge in [0, 0.05) is 6.42 Å². The number of pyridine rings is 1. The van der Waals surface area contributed by atoms with Crippen LogP contribution in [0.15, 0.2) is 35.9 Å². The number of nitrogens with zero attached hydrogens (tertiary/aromatic N) is 1. The van der Waals surface area contributed by atoms with Gasteiger partial charge >= 0.3 is 0 Å². The molecule has 0 spiro atoms. The summed E-state index contributed by atoms with van der Waals surface area (Å²) in [6.45, 7) is 5.59. The molecule has 0 aliphatic carbocycles. The number of nitrogens with one attached hydrogen (secondary N) is 3. The van der Waals surface area contributed by atoms with Crippen molar-refractivity contribution in [2.45, 2.75) is 39.3 Å². The molecule has 1 aromatic rings. The molecule has 0 fully saturated rings. The van der Waals surface area contributed by atoms with E-state index in [1.54, 1.807) is 26.1 Å². The fourth-order valence-corrected chi connectivity index (χ4v) is 2.31. The minimum atomic E-state index is -0.662. The number of fused-ring (bicyclic) bond motifs is 1. The molecule has 0 aromatic carbocycles. The second kappa shape index (κ2) is 8.43. The number of carbonyl (C=O) groups is 2. The van der Waals surface area contributed by atoms with Gasteiger partial charge in [-0.3, -0.25) is 9.59 Å². The Hall–Kier alpha value is -2.67. The molecule has 0 saturated heterocycles. The van der Waals surface area contributed by atoms with Crippen LogP contribution in [0.3, 0.4) is 0 Å². The number of hydrogen-bond donors (Lipinski definition) is 3. The van der Waals surface area contributed by atoms with E-state index in [9.17, 15) is 9.59 Å². The molecule has 7 nitrogen and oxygen atoms in total. The molecule has 1 aliphatic rings. The van der Waals surface area contributed by atoms with Crippen molar-refractivity contribution in [1.82, 2.24) is 10.3 Å². The number of amides is 2. The maximum absolute atomic E-state index is 12.2. The average molecular weight is 344 g/mol. The smallest absolute Gasteiger partial charge is 0.266 e. The van der Waals surface area contributed by atoms with E-state index >= 15 is 0 Å². The highest BCUT2D eigenvalue weighted by molar-refractivity contribution is 5.98. The molecular formula is C18H24N4O3. The molecule has 134 valence electrons. The van der Waals surface area contributed by atoms with Gasteiger partial charge in [0.05, 0.1) is 6.04 Å². The average Bonchev–Trinajstić information content (AvgIpc) is 2.61. The van der Waals surface area contributed by atoms with Crippen LogP contribution in [-0.2, 0) is 9.59 Å². The Morgan fingerprint density at radius 2 is 2.20 bits per heavy atom. The Balaban J connectivity index is 2.15. The zero-order valence-electron chi connectivity index (χ0n) is 14.9. The summed E-state index contributed by atoms with van der Waals surface area (Å²) in [4.78, 5) is 28.5. The van der Waals surface area contributed by atoms with Crippen LogP contribution >= 0.6 is 0 Å². The van der Waals surface area contributed by atoms with Gasteiger partial charge in [0.25, 0.3) is 5.91 Å². The Morgan fingerprint density at radius 1 is 1.44 bits per heavy atom. The van der Waals surface area contributed by atoms with Crippen LogP contribution in [0.1, 0.15) is 27.2 Å². The van der Waals surface area contributed by atoms with Crippen LogP contribution in [0, 0.1) is 0 Å². The van der Waals surface area contributed by atoms with Crippen molar-refractivity contribution in [3.8, 4) is 5.88 Å². The lowest BCUT2D eigenvalue weighted by molar-refractivity contribution is -0.123. The maximum Gasteiger partial charge on any atom is 0.266 e. The first-order valence-corrected chi connectivity index (χ1v) is 8.23. The van der Waals surface area contributed by atoms with E-state index in [-0.39, 0.29) is 17.9 Å². The van der Waals surface area contributed by atoms with Gasteiger partial charge in [-0.15, -0.1) is 0 Å². The van der Waals surface area contributed by atoms with E-state index in [0.717, 1.165) is 5.57 Å². The lowest BCUT2D eigenvalue weighted by Crippen LogP contribution is -2.38. The third-order valence-corrected chi connectivity index (χ3v) is 3.91. The predicted octanol–water partition coefficient (Wildman–Crippen LogP) is 2.24. The number of hydrogen-bond acceptors (Lipinski definition) is 5. The number of aromatic nitrogens is 1. The molecule has 1 unspecified atom stereocenters. The van der Waals surface area contributed by atoms with Crippen LogP contribution in [-0.4, -0.2) is 36.0 Å². The Kier molecular flexibility index (Phi) is 6.30. The van der Waals surface area contributed by atoms with Crippen molar-refractivity contribution < 1.29 is 14.3 Å². The molecule has 0 bridgehead atoms. The summed E-state index contributed by atoms with van der Waals surface area (Å²) >= 11 is 0. The van der Waals surface area contributed by atoms with Gasteiger partial charge in [-0.25, -0.2) is 0 Å². The quantitative estimate of drug-likeness (QED) is 0.688. The molecule has 0 saturated carbocycles. The summed E-state index contributed by atoms with van der Waals surface area (Å²) in [5.41, 5.74) is 1.49. The summed E-state index contributed by atoms with van der Waals surface area (Å²) in [6, 6.07) is 2.95. The van der Waals surface area contributed by atoms with Gasteiger partial charge in [-0.05, 0) is 45.5 Å². The number of likely N-dealkylation sites (N-methyl/N-ethyl adjacent to an activating group) is 1. The van der Waals surface area contributed by atoms with E-state index in [0.29, 0.717) is 23.8 Å². The van der Waals surface area contributed by atoms with Crippen molar-refractivity contribution in [2.75, 3.05) is 17.7 Å². The molecule has 1 aliphatic heterocycles. The highest BCUT2D eigenvalue weighted by atomic mass is 16.5. The third-order valence-electron chi connectivity index (χ3n) is 3.91. The van der Waals surface area contributed by atoms with E-state index in [4.69, 9.17) is 4.74 Å². The molecule has 0 radical (unpaired) electrons. The summed E-state index contributed by atoms with van der Waals surface area (Å²) in [6.07, 6.45) is 5.58. The molecule has 3 N–H and O–H groups in total. The van der Waals surface area contributed by atoms with Gasteiger partial charge < -0.3 is 20.7 Å². The minimum Gasteiger partial charge on any atom is -0.462 e. The van der Waals surface area contributed by atoms with E-state index in [1.165, 1.54) is 0 Å². The van der Waals surface area contributed by atoms with E-state index in [2.05, 4.69) is 20.9 Å². The number of carbonyl (C=O) groups excluding carboxylic acids is 2. The van der Waals surface area contributed by atoms with Crippen molar-refractivity contribution in [3.63, 3.8) is 0 Å². The molecular weight excluding hydrogens is 320 g/mol. The zero-order chi connectivity index (χ0) is 18.4. The Morgan fingerprint density at radius 3 is 2.84 bits per heavy atom. The first-order chi connectivity index (χ1) is 12.0. The molecule has 2 amide bonds. The topological polar surface area (TPSA) is 92.3 Å². The molecule has 2 heterocycles. The van der Waals surface area contributed by atoms with Crippen LogP contribution in [0.5, 0.6) is 5.88 Å². The first-order valence-electron chi connectivity index (χ1n) is 8.23. The molecule has 25 heavy (non-hydrogen) atoms. The number of anilines is 2. The second-order valence-corrected chi connectivity index (χ2v) is 5.71. The molecule has 2 atom stereocenters. The van der Waals surface area contributed by atoms with Crippen molar-refractivity contribution >= 4 is 23.3 Å². The number of allylic oxidation sites excluding steroid dienone is 3. The van der Waals surface area contributed by atoms with Crippen molar-refractivity contribution in [3.05, 3.63) is 35.9 Å². The van der Waals surface area contributed by atoms with Crippen LogP contribution < -0.4 is 20.7 Å². The predicted molar refractivity (Wildman–Crippen MR) is 97.6 cm³/mol. The summed E-state index contributed by atoms with van der Waals surface area (Å²) in [7, 11) is 1.71. The SMILES string of the molecule is C/C=C\C(=C/C)CC1Oc2nc(NC(=O)[C@H](C)NC)ccc2NC1=O. The van der Waals surface area contributed by atoms with Crippen LogP contribution in [0.4, 0.5) is 11.5 Å². The summed E-state index contributed by atoms with van der Waals surface area (Å²) in [5.74, 6) is 0.269. The van der Waals surface area contributed by atoms with Crippen molar-refractivity contribution in [1.29, 1.82) is 0 Å². The molecule has 2 rings (SSSR count). The van der Waals surface area contributed by atoms with Crippen molar-refractivity contribution in [2.24, 2.45) is 0 Å². The molecule has 1 aromatic heterocycles. The fourth-order valence-electron chi connectivity index (χ4n) is 2.31. The Bertz CT molecular complexity index is 712. The van der Waals surface area contributed by atoms with Gasteiger partial charge in [0.2, 0.25) is 11.8 Å². The second-order valence-electron chi connectivity index (χ2n) is 5.71. The zero-order valence-corrected chi connectivity index (χ0v) is 14.9. The normalized spacial score (nSPS) is 18.3. The first kappa shape index (κ1) is 18.7. The van der Waals surface area contributed by atoms with Gasteiger partial charge in [0.1, 0.15) is 11.5 Å². The van der Waals surface area contributed by atoms with E-state index in [1.807, 2.05) is 32.1 Å². The number of ether oxygens (including phenoxy) is 1. The lowest BCUT2D eigenvalue weighted by atomic mass is 10.1. The van der Waals surface area contributed by atoms with E-state index < -0.39 is 6.10 Å². The highest BCUT2D eigenvalue weighted by Crippen LogP contribution is 2.30. The lowest BCUT2D eigenvalue weighted by Gasteiger charge is -2.25. The third kappa shape index (κ3) is 4.67. The monoisotopic (exact) mass is 344 g/mol. The standard InChI is InChI=1S/C18H24N4O3/c1-5-7-12(6-2)10-14-17(24)20-13-8-9-15(22-18(13)25-14)21-16(23)11(3)19-4/h5-9,11,14,19H,10H2,1-4H3,(H,20,24)(H,21,22,23)/b7-5-,12-6+/t11-,14?/m0/s1. The van der Waals surface area contributed by atoms with Gasteiger partial charge in [0.15, 0.2) is 6.10 Å². The van der Waals surface area contributed by atoms with Crippen LogP contribution in [0.25, 0.3) is 0 Å². The fraction of sp³-hybridized carbons (Fsp3) is 0.389. The number of rotatable bonds is 6. The summed E-state index contributed by atoms with van der Waals surface area (Å²) in [5, 5.41) is 8.37. The highest BCUT2D eigenvalue weighted by Gasteiger charge is 2.29. The maximum atomic E-state index is 12.2. The van der Waals surface area contributed by atoms with Gasteiger partial charge in [-0.2, -0.15) is 4.98 Å². The molecule has 7 heteroatoms. The van der Waals surface area contributed by atoms with Crippen LogP contribution in [0.2, 0.25) is 0 Å².